The molecule has 2 N–H and O–H groups in total. The SMILES string of the molecule is OCCCN1CCC2(CC1)CNCc1ccccc12. The van der Waals surface area contributed by atoms with Crippen LogP contribution in [0.25, 0.3) is 0 Å². The van der Waals surface area contributed by atoms with Gasteiger partial charge in [-0.15, -0.1) is 0 Å². The molecule has 1 aromatic rings. The lowest BCUT2D eigenvalue weighted by molar-refractivity contribution is 0.140. The molecule has 3 rings (SSSR count). The van der Waals surface area contributed by atoms with E-state index < -0.39 is 0 Å². The predicted molar refractivity (Wildman–Crippen MR) is 77.2 cm³/mol. The Balaban J connectivity index is 1.73. The Bertz CT molecular complexity index is 425. The molecule has 19 heavy (non-hydrogen) atoms. The van der Waals surface area contributed by atoms with Crippen LogP contribution >= 0.6 is 0 Å². The Kier molecular flexibility index (Phi) is 3.87. The molecular weight excluding hydrogens is 236 g/mol. The molecule has 2 aliphatic heterocycles. The zero-order valence-electron chi connectivity index (χ0n) is 11.6. The van der Waals surface area contributed by atoms with Crippen LogP contribution < -0.4 is 5.32 Å². The van der Waals surface area contributed by atoms with Crippen molar-refractivity contribution in [2.75, 3.05) is 32.8 Å². The quantitative estimate of drug-likeness (QED) is 0.864. The average Bonchev–Trinajstić information content (AvgIpc) is 2.47. The van der Waals surface area contributed by atoms with E-state index in [1.807, 2.05) is 0 Å². The second-order valence-corrected chi connectivity index (χ2v) is 5.96. The highest BCUT2D eigenvalue weighted by atomic mass is 16.3. The molecule has 0 unspecified atom stereocenters. The fourth-order valence-electron chi connectivity index (χ4n) is 3.67. The second kappa shape index (κ2) is 5.61. The van der Waals surface area contributed by atoms with Gasteiger partial charge in [-0.3, -0.25) is 0 Å². The van der Waals surface area contributed by atoms with E-state index in [2.05, 4.69) is 34.5 Å². The van der Waals surface area contributed by atoms with E-state index in [4.69, 9.17) is 5.11 Å². The molecule has 2 heterocycles. The van der Waals surface area contributed by atoms with E-state index in [0.29, 0.717) is 12.0 Å². The molecule has 0 amide bonds. The first-order chi connectivity index (χ1) is 9.34. The van der Waals surface area contributed by atoms with Gasteiger partial charge in [0.2, 0.25) is 0 Å². The van der Waals surface area contributed by atoms with E-state index >= 15 is 0 Å². The van der Waals surface area contributed by atoms with Crippen molar-refractivity contribution in [3.63, 3.8) is 0 Å². The molecule has 0 saturated carbocycles. The lowest BCUT2D eigenvalue weighted by Gasteiger charge is -2.45. The number of nitrogens with one attached hydrogen (secondary N) is 1. The number of likely N-dealkylation sites (tertiary alicyclic amines) is 1. The summed E-state index contributed by atoms with van der Waals surface area (Å²) in [6, 6.07) is 8.93. The first kappa shape index (κ1) is 13.1. The van der Waals surface area contributed by atoms with Gasteiger partial charge in [0.05, 0.1) is 0 Å². The van der Waals surface area contributed by atoms with Gasteiger partial charge in [-0.2, -0.15) is 0 Å². The number of hydrogen-bond donors (Lipinski definition) is 2. The average molecular weight is 260 g/mol. The molecule has 1 saturated heterocycles. The monoisotopic (exact) mass is 260 g/mol. The van der Waals surface area contributed by atoms with Crippen LogP contribution in [0.4, 0.5) is 0 Å². The van der Waals surface area contributed by atoms with Crippen LogP contribution in [-0.2, 0) is 12.0 Å². The first-order valence-electron chi connectivity index (χ1n) is 7.46. The van der Waals surface area contributed by atoms with Crippen molar-refractivity contribution in [2.45, 2.75) is 31.2 Å². The Hall–Kier alpha value is -0.900. The van der Waals surface area contributed by atoms with Crippen LogP contribution in [0.1, 0.15) is 30.4 Å². The van der Waals surface area contributed by atoms with Gasteiger partial charge in [0, 0.05) is 31.7 Å². The lowest BCUT2D eigenvalue weighted by Crippen LogP contribution is -2.50. The van der Waals surface area contributed by atoms with E-state index in [-0.39, 0.29) is 0 Å². The third kappa shape index (κ3) is 2.55. The number of aliphatic hydroxyl groups excluding tert-OH is 1. The number of benzene rings is 1. The summed E-state index contributed by atoms with van der Waals surface area (Å²) in [5.41, 5.74) is 3.41. The van der Waals surface area contributed by atoms with Crippen LogP contribution in [0.2, 0.25) is 0 Å². The van der Waals surface area contributed by atoms with Crippen LogP contribution in [0.5, 0.6) is 0 Å². The normalized spacial score (nSPS) is 22.4. The molecule has 104 valence electrons. The lowest BCUT2D eigenvalue weighted by atomic mass is 9.69. The summed E-state index contributed by atoms with van der Waals surface area (Å²) in [7, 11) is 0. The van der Waals surface area contributed by atoms with Crippen LogP contribution in [0.15, 0.2) is 24.3 Å². The summed E-state index contributed by atoms with van der Waals surface area (Å²) in [5.74, 6) is 0. The molecule has 1 fully saturated rings. The standard InChI is InChI=1S/C16H24N2O/c19-11-3-8-18-9-6-16(7-10-18)13-17-12-14-4-1-2-5-15(14)16/h1-2,4-5,17,19H,3,6-13H2. The maximum Gasteiger partial charge on any atom is 0.0443 e. The number of aliphatic hydroxyl groups is 1. The van der Waals surface area contributed by atoms with Gasteiger partial charge in [-0.1, -0.05) is 24.3 Å². The molecule has 3 nitrogen and oxygen atoms in total. The van der Waals surface area contributed by atoms with E-state index in [0.717, 1.165) is 39.1 Å². The fraction of sp³-hybridized carbons (Fsp3) is 0.625. The number of rotatable bonds is 3. The first-order valence-corrected chi connectivity index (χ1v) is 7.46. The number of piperidine rings is 1. The molecule has 0 radical (unpaired) electrons. The molecule has 0 aliphatic carbocycles. The predicted octanol–water partition coefficient (Wildman–Crippen LogP) is 1.51. The highest BCUT2D eigenvalue weighted by Gasteiger charge is 2.38. The minimum absolute atomic E-state index is 0.312. The van der Waals surface area contributed by atoms with Gasteiger partial charge in [-0.05, 0) is 43.5 Å². The van der Waals surface area contributed by atoms with Crippen molar-refractivity contribution in [2.24, 2.45) is 0 Å². The second-order valence-electron chi connectivity index (χ2n) is 5.96. The Morgan fingerprint density at radius 1 is 1.21 bits per heavy atom. The molecule has 0 aromatic heterocycles. The van der Waals surface area contributed by atoms with E-state index in [9.17, 15) is 0 Å². The number of fused-ring (bicyclic) bond motifs is 2. The zero-order chi connectivity index (χ0) is 13.1. The van der Waals surface area contributed by atoms with Gasteiger partial charge in [0.25, 0.3) is 0 Å². The topological polar surface area (TPSA) is 35.5 Å². The minimum atomic E-state index is 0.312. The number of hydrogen-bond acceptors (Lipinski definition) is 3. The van der Waals surface area contributed by atoms with Crippen molar-refractivity contribution >= 4 is 0 Å². The Morgan fingerprint density at radius 2 is 2.00 bits per heavy atom. The van der Waals surface area contributed by atoms with Gasteiger partial charge < -0.3 is 15.3 Å². The number of nitrogens with zero attached hydrogens (tertiary/aromatic N) is 1. The molecular formula is C16H24N2O. The molecule has 3 heteroatoms. The molecule has 0 bridgehead atoms. The van der Waals surface area contributed by atoms with Gasteiger partial charge in [0.1, 0.15) is 0 Å². The van der Waals surface area contributed by atoms with Gasteiger partial charge in [-0.25, -0.2) is 0 Å². The van der Waals surface area contributed by atoms with E-state index in [1.54, 1.807) is 5.56 Å². The van der Waals surface area contributed by atoms with Crippen molar-refractivity contribution in [1.82, 2.24) is 10.2 Å². The summed E-state index contributed by atoms with van der Waals surface area (Å²) >= 11 is 0. The summed E-state index contributed by atoms with van der Waals surface area (Å²) in [6.07, 6.45) is 3.38. The highest BCUT2D eigenvalue weighted by molar-refractivity contribution is 5.37. The molecule has 2 aliphatic rings. The highest BCUT2D eigenvalue weighted by Crippen LogP contribution is 2.39. The third-order valence-corrected chi connectivity index (χ3v) is 4.81. The van der Waals surface area contributed by atoms with Crippen LogP contribution in [-0.4, -0.2) is 42.8 Å². The Labute approximate surface area is 115 Å². The molecule has 1 spiro atoms. The summed E-state index contributed by atoms with van der Waals surface area (Å²) in [4.78, 5) is 2.50. The fourth-order valence-corrected chi connectivity index (χ4v) is 3.67. The summed E-state index contributed by atoms with van der Waals surface area (Å²) in [6.45, 7) is 5.82. The largest absolute Gasteiger partial charge is 0.396 e. The van der Waals surface area contributed by atoms with Gasteiger partial charge >= 0.3 is 0 Å². The molecule has 1 aromatic carbocycles. The maximum absolute atomic E-state index is 8.93. The zero-order valence-corrected chi connectivity index (χ0v) is 11.6. The maximum atomic E-state index is 8.93. The van der Waals surface area contributed by atoms with Crippen molar-refractivity contribution in [3.8, 4) is 0 Å². The van der Waals surface area contributed by atoms with Crippen molar-refractivity contribution in [1.29, 1.82) is 0 Å². The third-order valence-electron chi connectivity index (χ3n) is 4.81. The van der Waals surface area contributed by atoms with Crippen molar-refractivity contribution < 1.29 is 5.11 Å². The van der Waals surface area contributed by atoms with Crippen LogP contribution in [0, 0.1) is 0 Å². The summed E-state index contributed by atoms with van der Waals surface area (Å²) < 4.78 is 0. The van der Waals surface area contributed by atoms with Gasteiger partial charge in [0.15, 0.2) is 0 Å². The van der Waals surface area contributed by atoms with Crippen molar-refractivity contribution in [3.05, 3.63) is 35.4 Å². The Morgan fingerprint density at radius 3 is 2.79 bits per heavy atom. The van der Waals surface area contributed by atoms with Crippen LogP contribution in [0.3, 0.4) is 0 Å². The summed E-state index contributed by atoms with van der Waals surface area (Å²) in [5, 5.41) is 12.5. The smallest absolute Gasteiger partial charge is 0.0443 e. The van der Waals surface area contributed by atoms with E-state index in [1.165, 1.54) is 18.4 Å². The molecule has 0 atom stereocenters. The minimum Gasteiger partial charge on any atom is -0.396 e.